The smallest absolute Gasteiger partial charge is 0.274 e. The van der Waals surface area contributed by atoms with E-state index in [1.165, 1.54) is 0 Å². The number of anilines is 2. The van der Waals surface area contributed by atoms with E-state index >= 15 is 0 Å². The summed E-state index contributed by atoms with van der Waals surface area (Å²) in [6, 6.07) is 11.0. The molecule has 0 radical (unpaired) electrons. The molecule has 0 atom stereocenters. The summed E-state index contributed by atoms with van der Waals surface area (Å²) in [5.74, 6) is -0.227. The number of carbonyl (C=O) groups excluding carboxylic acids is 1. The van der Waals surface area contributed by atoms with Crippen molar-refractivity contribution >= 4 is 33.2 Å². The minimum absolute atomic E-state index is 0.227. The fraction of sp³-hybridized carbons (Fsp3) is 0.143. The predicted molar refractivity (Wildman–Crippen MR) is 80.5 cm³/mol. The molecule has 0 aliphatic rings. The number of para-hydroxylation sites is 1. The Labute approximate surface area is 120 Å². The van der Waals surface area contributed by atoms with Gasteiger partial charge in [-0.05, 0) is 47.1 Å². The van der Waals surface area contributed by atoms with Gasteiger partial charge >= 0.3 is 0 Å². The normalized spacial score (nSPS) is 10.0. The van der Waals surface area contributed by atoms with E-state index in [2.05, 4.69) is 31.5 Å². The van der Waals surface area contributed by atoms with Gasteiger partial charge in [-0.25, -0.2) is 4.98 Å². The van der Waals surface area contributed by atoms with E-state index in [-0.39, 0.29) is 5.91 Å². The summed E-state index contributed by atoms with van der Waals surface area (Å²) in [7, 11) is 0. The molecule has 1 amide bonds. The van der Waals surface area contributed by atoms with Gasteiger partial charge in [-0.3, -0.25) is 4.79 Å². The van der Waals surface area contributed by atoms with E-state index in [0.717, 1.165) is 22.4 Å². The summed E-state index contributed by atoms with van der Waals surface area (Å²) in [6.07, 6.45) is 1.65. The molecule has 0 aliphatic carbocycles. The van der Waals surface area contributed by atoms with Crippen molar-refractivity contribution in [3.05, 3.63) is 52.8 Å². The number of nitrogens with one attached hydrogen (secondary N) is 2. The maximum atomic E-state index is 12.0. The molecular formula is C14H14BrN3O. The lowest BCUT2D eigenvalue weighted by molar-refractivity contribution is 0.102. The van der Waals surface area contributed by atoms with Crippen LogP contribution in [0, 0.1) is 0 Å². The minimum atomic E-state index is -0.227. The molecule has 98 valence electrons. The highest BCUT2D eigenvalue weighted by Crippen LogP contribution is 2.21. The van der Waals surface area contributed by atoms with Gasteiger partial charge in [0, 0.05) is 11.0 Å². The van der Waals surface area contributed by atoms with Crippen LogP contribution in [0.5, 0.6) is 0 Å². The lowest BCUT2D eigenvalue weighted by atomic mass is 10.3. The quantitative estimate of drug-likeness (QED) is 0.906. The van der Waals surface area contributed by atoms with Crippen molar-refractivity contribution in [3.63, 3.8) is 0 Å². The standard InChI is InChI=1S/C14H14BrN3O/c1-2-16-10-7-8-13(17-9-10)14(19)18-12-6-4-3-5-11(12)15/h3-9,16H,2H2,1H3,(H,18,19). The van der Waals surface area contributed by atoms with Crippen LogP contribution in [0.3, 0.4) is 0 Å². The van der Waals surface area contributed by atoms with E-state index in [9.17, 15) is 4.79 Å². The van der Waals surface area contributed by atoms with Crippen molar-refractivity contribution in [3.8, 4) is 0 Å². The van der Waals surface area contributed by atoms with E-state index in [4.69, 9.17) is 0 Å². The Morgan fingerprint density at radius 2 is 2.05 bits per heavy atom. The number of pyridine rings is 1. The molecular weight excluding hydrogens is 306 g/mol. The average molecular weight is 320 g/mol. The van der Waals surface area contributed by atoms with Crippen LogP contribution in [-0.4, -0.2) is 17.4 Å². The van der Waals surface area contributed by atoms with Crippen LogP contribution in [0.4, 0.5) is 11.4 Å². The summed E-state index contributed by atoms with van der Waals surface area (Å²) < 4.78 is 0.840. The van der Waals surface area contributed by atoms with Gasteiger partial charge in [0.2, 0.25) is 0 Å². The molecule has 2 aromatic rings. The molecule has 2 N–H and O–H groups in total. The monoisotopic (exact) mass is 319 g/mol. The molecule has 0 aliphatic heterocycles. The predicted octanol–water partition coefficient (Wildman–Crippen LogP) is 3.53. The Morgan fingerprint density at radius 1 is 1.26 bits per heavy atom. The lowest BCUT2D eigenvalue weighted by Crippen LogP contribution is -2.14. The molecule has 2 rings (SSSR count). The Kier molecular flexibility index (Phi) is 4.52. The van der Waals surface area contributed by atoms with Gasteiger partial charge in [0.05, 0.1) is 17.6 Å². The molecule has 0 spiro atoms. The number of carbonyl (C=O) groups is 1. The van der Waals surface area contributed by atoms with Crippen molar-refractivity contribution in [1.29, 1.82) is 0 Å². The van der Waals surface area contributed by atoms with E-state index in [1.807, 2.05) is 37.3 Å². The van der Waals surface area contributed by atoms with Gasteiger partial charge in [0.15, 0.2) is 0 Å². The fourth-order valence-electron chi connectivity index (χ4n) is 1.59. The zero-order valence-electron chi connectivity index (χ0n) is 10.5. The summed E-state index contributed by atoms with van der Waals surface area (Å²) in [5.41, 5.74) is 2.02. The molecule has 0 saturated carbocycles. The van der Waals surface area contributed by atoms with Crippen LogP contribution in [0.2, 0.25) is 0 Å². The van der Waals surface area contributed by atoms with Gasteiger partial charge < -0.3 is 10.6 Å². The first kappa shape index (κ1) is 13.5. The number of hydrogen-bond acceptors (Lipinski definition) is 3. The summed E-state index contributed by atoms with van der Waals surface area (Å²) in [5, 5.41) is 5.94. The highest BCUT2D eigenvalue weighted by atomic mass is 79.9. The zero-order chi connectivity index (χ0) is 13.7. The van der Waals surface area contributed by atoms with Gasteiger partial charge in [-0.15, -0.1) is 0 Å². The molecule has 0 saturated heterocycles. The summed E-state index contributed by atoms with van der Waals surface area (Å²) in [4.78, 5) is 16.2. The molecule has 1 aromatic heterocycles. The third kappa shape index (κ3) is 3.54. The molecule has 1 heterocycles. The maximum Gasteiger partial charge on any atom is 0.274 e. The third-order valence-corrected chi connectivity index (χ3v) is 3.19. The first-order chi connectivity index (χ1) is 9.20. The van der Waals surface area contributed by atoms with Crippen LogP contribution < -0.4 is 10.6 Å². The van der Waals surface area contributed by atoms with Crippen LogP contribution in [-0.2, 0) is 0 Å². The van der Waals surface area contributed by atoms with Crippen molar-refractivity contribution in [1.82, 2.24) is 4.98 Å². The SMILES string of the molecule is CCNc1ccc(C(=O)Nc2ccccc2Br)nc1. The molecule has 0 unspecified atom stereocenters. The number of hydrogen-bond donors (Lipinski definition) is 2. The Balaban J connectivity index is 2.10. The lowest BCUT2D eigenvalue weighted by Gasteiger charge is -2.07. The summed E-state index contributed by atoms with van der Waals surface area (Å²) in [6.45, 7) is 2.83. The number of halogens is 1. The van der Waals surface area contributed by atoms with Crippen LogP contribution in [0.1, 0.15) is 17.4 Å². The Morgan fingerprint density at radius 3 is 2.68 bits per heavy atom. The number of rotatable bonds is 4. The summed E-state index contributed by atoms with van der Waals surface area (Å²) >= 11 is 3.38. The third-order valence-electron chi connectivity index (χ3n) is 2.50. The second-order valence-electron chi connectivity index (χ2n) is 3.90. The van der Waals surface area contributed by atoms with Gasteiger partial charge in [-0.2, -0.15) is 0 Å². The van der Waals surface area contributed by atoms with Crippen molar-refractivity contribution < 1.29 is 4.79 Å². The molecule has 4 nitrogen and oxygen atoms in total. The molecule has 19 heavy (non-hydrogen) atoms. The van der Waals surface area contributed by atoms with E-state index < -0.39 is 0 Å². The topological polar surface area (TPSA) is 54.0 Å². The molecule has 1 aromatic carbocycles. The van der Waals surface area contributed by atoms with Crippen LogP contribution in [0.25, 0.3) is 0 Å². The molecule has 0 fully saturated rings. The number of amides is 1. The molecule has 5 heteroatoms. The fourth-order valence-corrected chi connectivity index (χ4v) is 1.97. The van der Waals surface area contributed by atoms with Gasteiger partial charge in [-0.1, -0.05) is 12.1 Å². The highest BCUT2D eigenvalue weighted by Gasteiger charge is 2.09. The number of aromatic nitrogens is 1. The van der Waals surface area contributed by atoms with Crippen molar-refractivity contribution in [2.45, 2.75) is 6.92 Å². The van der Waals surface area contributed by atoms with Crippen LogP contribution >= 0.6 is 15.9 Å². The Bertz CT molecular complexity index is 569. The first-order valence-corrected chi connectivity index (χ1v) is 6.76. The first-order valence-electron chi connectivity index (χ1n) is 5.96. The van der Waals surface area contributed by atoms with Gasteiger partial charge in [0.25, 0.3) is 5.91 Å². The van der Waals surface area contributed by atoms with E-state index in [1.54, 1.807) is 12.3 Å². The maximum absolute atomic E-state index is 12.0. The second-order valence-corrected chi connectivity index (χ2v) is 4.75. The number of benzene rings is 1. The van der Waals surface area contributed by atoms with Crippen molar-refractivity contribution in [2.24, 2.45) is 0 Å². The van der Waals surface area contributed by atoms with Crippen LogP contribution in [0.15, 0.2) is 47.1 Å². The average Bonchev–Trinajstić information content (AvgIpc) is 2.42. The largest absolute Gasteiger partial charge is 0.384 e. The van der Waals surface area contributed by atoms with E-state index in [0.29, 0.717) is 5.69 Å². The van der Waals surface area contributed by atoms with Crippen molar-refractivity contribution in [2.75, 3.05) is 17.2 Å². The minimum Gasteiger partial charge on any atom is -0.384 e. The molecule has 0 bridgehead atoms. The highest BCUT2D eigenvalue weighted by molar-refractivity contribution is 9.10. The second kappa shape index (κ2) is 6.33. The zero-order valence-corrected chi connectivity index (χ0v) is 12.1. The van der Waals surface area contributed by atoms with Gasteiger partial charge in [0.1, 0.15) is 5.69 Å². The Hall–Kier alpha value is -1.88. The number of nitrogens with zero attached hydrogens (tertiary/aromatic N) is 1.